The van der Waals surface area contributed by atoms with Gasteiger partial charge in [0.15, 0.2) is 5.65 Å². The number of piperidine rings is 1. The molecule has 1 aliphatic carbocycles. The molecule has 1 N–H and O–H groups in total. The fraction of sp³-hybridized carbons (Fsp3) is 0.478. The third kappa shape index (κ3) is 4.51. The summed E-state index contributed by atoms with van der Waals surface area (Å²) in [7, 11) is 0. The molecule has 2 aromatic heterocycles. The molecule has 1 saturated heterocycles. The van der Waals surface area contributed by atoms with Crippen molar-refractivity contribution in [1.29, 1.82) is 0 Å². The van der Waals surface area contributed by atoms with Gasteiger partial charge in [0.25, 0.3) is 5.82 Å². The average molecular weight is 458 g/mol. The fourth-order valence-electron chi connectivity index (χ4n) is 4.44. The zero-order valence-electron chi connectivity index (χ0n) is 18.2. The molecule has 1 saturated carbocycles. The van der Waals surface area contributed by atoms with Gasteiger partial charge < -0.3 is 10.2 Å². The maximum atomic E-state index is 13.2. The summed E-state index contributed by atoms with van der Waals surface area (Å²) in [5.41, 5.74) is 2.37. The molecule has 2 aliphatic rings. The number of carbonyl (C=O) groups excluding carboxylic acids is 1. The first kappa shape index (κ1) is 21.7. The van der Waals surface area contributed by atoms with Crippen molar-refractivity contribution in [3.8, 4) is 0 Å². The van der Waals surface area contributed by atoms with Crippen LogP contribution < -0.4 is 10.2 Å². The molecule has 0 radical (unpaired) electrons. The summed E-state index contributed by atoms with van der Waals surface area (Å²) < 4.78 is 40.2. The molecule has 1 atom stereocenters. The van der Waals surface area contributed by atoms with E-state index < -0.39 is 12.0 Å². The monoisotopic (exact) mass is 458 g/mol. The number of aryl methyl sites for hydroxylation is 1. The van der Waals surface area contributed by atoms with Gasteiger partial charge in [0.05, 0.1) is 6.04 Å². The predicted octanol–water partition coefficient (Wildman–Crippen LogP) is 3.94. The molecule has 33 heavy (non-hydrogen) atoms. The van der Waals surface area contributed by atoms with Crippen LogP contribution in [0.1, 0.15) is 48.7 Å². The van der Waals surface area contributed by atoms with E-state index in [9.17, 15) is 18.0 Å². The topological polar surface area (TPSA) is 75.4 Å². The third-order valence-corrected chi connectivity index (χ3v) is 6.52. The van der Waals surface area contributed by atoms with Gasteiger partial charge in [-0.15, -0.1) is 15.3 Å². The SMILES string of the molecule is Cc1ccc(C(NC(=O)C2CCN(c3ccc4nnc(C(F)(F)F)n4n3)CC2)C2CC2)cc1. The number of amides is 1. The molecular formula is C23H25F3N6O. The van der Waals surface area contributed by atoms with Gasteiger partial charge in [-0.25, -0.2) is 0 Å². The number of nitrogens with zero attached hydrogens (tertiary/aromatic N) is 5. The second-order valence-corrected chi connectivity index (χ2v) is 8.98. The summed E-state index contributed by atoms with van der Waals surface area (Å²) in [6.45, 7) is 3.12. The van der Waals surface area contributed by atoms with Crippen LogP contribution in [-0.2, 0) is 11.0 Å². The van der Waals surface area contributed by atoms with Crippen LogP contribution in [0.2, 0.25) is 0 Å². The number of aromatic nitrogens is 4. The van der Waals surface area contributed by atoms with E-state index in [0.29, 0.717) is 37.7 Å². The van der Waals surface area contributed by atoms with Crippen LogP contribution in [0.15, 0.2) is 36.4 Å². The predicted molar refractivity (Wildman–Crippen MR) is 116 cm³/mol. The van der Waals surface area contributed by atoms with E-state index in [-0.39, 0.29) is 23.5 Å². The molecule has 1 aromatic carbocycles. The van der Waals surface area contributed by atoms with E-state index in [1.807, 2.05) is 11.8 Å². The number of fused-ring (bicyclic) bond motifs is 1. The maximum absolute atomic E-state index is 13.2. The van der Waals surface area contributed by atoms with Crippen molar-refractivity contribution >= 4 is 17.4 Å². The molecule has 2 fully saturated rings. The van der Waals surface area contributed by atoms with E-state index in [4.69, 9.17) is 0 Å². The highest BCUT2D eigenvalue weighted by molar-refractivity contribution is 5.79. The molecule has 5 rings (SSSR count). The molecule has 0 bridgehead atoms. The molecule has 1 aliphatic heterocycles. The largest absolute Gasteiger partial charge is 0.453 e. The molecule has 3 heterocycles. The van der Waals surface area contributed by atoms with Crippen LogP contribution in [-0.4, -0.2) is 38.8 Å². The van der Waals surface area contributed by atoms with Crippen molar-refractivity contribution in [2.75, 3.05) is 18.0 Å². The van der Waals surface area contributed by atoms with Gasteiger partial charge in [0, 0.05) is 19.0 Å². The Morgan fingerprint density at radius 2 is 1.73 bits per heavy atom. The van der Waals surface area contributed by atoms with Gasteiger partial charge in [0.2, 0.25) is 5.91 Å². The Hall–Kier alpha value is -3.17. The Kier molecular flexibility index (Phi) is 5.46. The van der Waals surface area contributed by atoms with Crippen molar-refractivity contribution in [2.24, 2.45) is 11.8 Å². The lowest BCUT2D eigenvalue weighted by atomic mass is 9.94. The zero-order chi connectivity index (χ0) is 23.2. The quantitative estimate of drug-likeness (QED) is 0.627. The lowest BCUT2D eigenvalue weighted by molar-refractivity contribution is -0.146. The normalized spacial score (nSPS) is 18.5. The number of hydrogen-bond acceptors (Lipinski definition) is 5. The van der Waals surface area contributed by atoms with Gasteiger partial charge in [-0.1, -0.05) is 29.8 Å². The summed E-state index contributed by atoms with van der Waals surface area (Å²) in [6.07, 6.45) is -1.16. The van der Waals surface area contributed by atoms with Gasteiger partial charge in [0.1, 0.15) is 5.82 Å². The van der Waals surface area contributed by atoms with Crippen LogP contribution in [0.4, 0.5) is 19.0 Å². The number of benzene rings is 1. The van der Waals surface area contributed by atoms with Gasteiger partial charge in [-0.3, -0.25) is 4.79 Å². The standard InChI is InChI=1S/C23H25F3N6O/c1-14-2-4-15(5-3-14)20(16-6-7-16)27-21(33)17-10-12-31(13-11-17)19-9-8-18-28-29-22(23(24,25)26)32(18)30-19/h2-5,8-9,16-17,20H,6-7,10-13H2,1H3,(H,27,33). The van der Waals surface area contributed by atoms with Crippen LogP contribution in [0, 0.1) is 18.8 Å². The van der Waals surface area contributed by atoms with Crippen molar-refractivity contribution < 1.29 is 18.0 Å². The van der Waals surface area contributed by atoms with Crippen molar-refractivity contribution in [1.82, 2.24) is 25.1 Å². The molecule has 1 amide bonds. The number of nitrogens with one attached hydrogen (secondary N) is 1. The number of rotatable bonds is 5. The second kappa shape index (κ2) is 8.31. The maximum Gasteiger partial charge on any atom is 0.453 e. The zero-order valence-corrected chi connectivity index (χ0v) is 18.2. The first-order valence-corrected chi connectivity index (χ1v) is 11.2. The number of alkyl halides is 3. The Bertz CT molecular complexity index is 1150. The first-order chi connectivity index (χ1) is 15.8. The highest BCUT2D eigenvalue weighted by Gasteiger charge is 2.38. The fourth-order valence-corrected chi connectivity index (χ4v) is 4.44. The lowest BCUT2D eigenvalue weighted by Gasteiger charge is -2.33. The van der Waals surface area contributed by atoms with E-state index >= 15 is 0 Å². The van der Waals surface area contributed by atoms with E-state index in [1.165, 1.54) is 11.6 Å². The third-order valence-electron chi connectivity index (χ3n) is 6.52. The number of carbonyl (C=O) groups is 1. The van der Waals surface area contributed by atoms with Gasteiger partial charge in [-0.2, -0.15) is 17.7 Å². The Labute approximate surface area is 189 Å². The molecule has 7 nitrogen and oxygen atoms in total. The number of hydrogen-bond donors (Lipinski definition) is 1. The molecule has 0 spiro atoms. The summed E-state index contributed by atoms with van der Waals surface area (Å²) in [5, 5.41) is 14.1. The molecule has 3 aromatic rings. The molecular weight excluding hydrogens is 433 g/mol. The Balaban J connectivity index is 1.24. The van der Waals surface area contributed by atoms with Crippen LogP contribution in [0.3, 0.4) is 0 Å². The van der Waals surface area contributed by atoms with E-state index in [0.717, 1.165) is 22.9 Å². The second-order valence-electron chi connectivity index (χ2n) is 8.98. The summed E-state index contributed by atoms with van der Waals surface area (Å²) >= 11 is 0. The highest BCUT2D eigenvalue weighted by Crippen LogP contribution is 2.41. The summed E-state index contributed by atoms with van der Waals surface area (Å²) in [4.78, 5) is 14.9. The number of halogens is 3. The number of anilines is 1. The smallest absolute Gasteiger partial charge is 0.355 e. The molecule has 1 unspecified atom stereocenters. The van der Waals surface area contributed by atoms with Crippen LogP contribution >= 0.6 is 0 Å². The van der Waals surface area contributed by atoms with Crippen LogP contribution in [0.5, 0.6) is 0 Å². The summed E-state index contributed by atoms with van der Waals surface area (Å²) in [5.74, 6) is -0.316. The van der Waals surface area contributed by atoms with E-state index in [2.05, 4.69) is 44.9 Å². The van der Waals surface area contributed by atoms with Crippen molar-refractivity contribution in [2.45, 2.75) is 44.8 Å². The van der Waals surface area contributed by atoms with Crippen molar-refractivity contribution in [3.05, 3.63) is 53.3 Å². The highest BCUT2D eigenvalue weighted by atomic mass is 19.4. The van der Waals surface area contributed by atoms with Crippen LogP contribution in [0.25, 0.3) is 5.65 Å². The summed E-state index contributed by atoms with van der Waals surface area (Å²) in [6, 6.07) is 11.5. The minimum atomic E-state index is -4.63. The molecule has 10 heteroatoms. The van der Waals surface area contributed by atoms with E-state index in [1.54, 1.807) is 6.07 Å². The minimum absolute atomic E-state index is 0.0368. The molecule has 174 valence electrons. The van der Waals surface area contributed by atoms with Crippen molar-refractivity contribution in [3.63, 3.8) is 0 Å². The van der Waals surface area contributed by atoms with Gasteiger partial charge >= 0.3 is 6.18 Å². The lowest BCUT2D eigenvalue weighted by Crippen LogP contribution is -2.42. The average Bonchev–Trinajstić information content (AvgIpc) is 3.54. The minimum Gasteiger partial charge on any atom is -0.355 e. The Morgan fingerprint density at radius 3 is 2.36 bits per heavy atom. The first-order valence-electron chi connectivity index (χ1n) is 11.2. The Morgan fingerprint density at radius 1 is 1.03 bits per heavy atom. The van der Waals surface area contributed by atoms with Gasteiger partial charge in [-0.05, 0) is 56.2 Å².